The van der Waals surface area contributed by atoms with Crippen LogP contribution in [0.1, 0.15) is 31.4 Å². The topological polar surface area (TPSA) is 88.9 Å². The average molecular weight is 417 g/mol. The third-order valence-electron chi connectivity index (χ3n) is 4.38. The van der Waals surface area contributed by atoms with Crippen molar-refractivity contribution in [3.05, 3.63) is 88.0 Å². The molecule has 0 aliphatic carbocycles. The summed E-state index contributed by atoms with van der Waals surface area (Å²) in [6, 6.07) is 15.9. The van der Waals surface area contributed by atoms with Gasteiger partial charge in [-0.15, -0.1) is 11.3 Å². The first-order chi connectivity index (χ1) is 14.5. The van der Waals surface area contributed by atoms with Crippen LogP contribution in [0.25, 0.3) is 5.82 Å². The molecule has 0 fully saturated rings. The van der Waals surface area contributed by atoms with E-state index in [-0.39, 0.29) is 11.8 Å². The molecule has 0 aliphatic rings. The van der Waals surface area contributed by atoms with Gasteiger partial charge in [0.1, 0.15) is 0 Å². The molecule has 2 amide bonds. The minimum atomic E-state index is -0.258. The predicted molar refractivity (Wildman–Crippen MR) is 118 cm³/mol. The Morgan fingerprint density at radius 3 is 2.27 bits per heavy atom. The Bertz CT molecular complexity index is 1180. The van der Waals surface area contributed by atoms with Crippen LogP contribution in [-0.4, -0.2) is 26.6 Å². The molecule has 2 N–H and O–H groups in total. The Morgan fingerprint density at radius 1 is 0.933 bits per heavy atom. The molecule has 8 heteroatoms. The van der Waals surface area contributed by atoms with E-state index in [0.717, 1.165) is 11.4 Å². The third-order valence-corrected chi connectivity index (χ3v) is 5.25. The first-order valence-corrected chi connectivity index (χ1v) is 10.1. The Labute approximate surface area is 177 Å². The molecule has 0 saturated heterocycles. The van der Waals surface area contributed by atoms with Crippen molar-refractivity contribution in [2.24, 2.45) is 0 Å². The molecule has 0 spiro atoms. The number of carbonyl (C=O) groups is 2. The second kappa shape index (κ2) is 8.30. The Hall–Kier alpha value is -3.78. The van der Waals surface area contributed by atoms with Gasteiger partial charge in [-0.3, -0.25) is 9.59 Å². The molecule has 4 rings (SSSR count). The quantitative estimate of drug-likeness (QED) is 0.502. The summed E-state index contributed by atoms with van der Waals surface area (Å²) in [5, 5.41) is 11.9. The van der Waals surface area contributed by atoms with Gasteiger partial charge in [0, 0.05) is 16.9 Å². The number of aryl methyl sites for hydroxylation is 2. The molecule has 0 bridgehead atoms. The summed E-state index contributed by atoms with van der Waals surface area (Å²) in [7, 11) is 0. The Kier molecular flexibility index (Phi) is 5.40. The van der Waals surface area contributed by atoms with E-state index in [0.29, 0.717) is 27.6 Å². The monoisotopic (exact) mass is 417 g/mol. The van der Waals surface area contributed by atoms with E-state index in [1.165, 1.54) is 11.3 Å². The van der Waals surface area contributed by atoms with Gasteiger partial charge in [-0.25, -0.2) is 9.67 Å². The number of benzene rings is 1. The fourth-order valence-corrected chi connectivity index (χ4v) is 3.57. The van der Waals surface area contributed by atoms with Crippen LogP contribution in [0.2, 0.25) is 0 Å². The van der Waals surface area contributed by atoms with Gasteiger partial charge < -0.3 is 10.6 Å². The van der Waals surface area contributed by atoms with Crippen molar-refractivity contribution in [3.8, 4) is 5.82 Å². The van der Waals surface area contributed by atoms with E-state index < -0.39 is 0 Å². The van der Waals surface area contributed by atoms with Crippen molar-refractivity contribution in [3.63, 3.8) is 0 Å². The summed E-state index contributed by atoms with van der Waals surface area (Å²) in [4.78, 5) is 29.6. The van der Waals surface area contributed by atoms with Crippen molar-refractivity contribution < 1.29 is 9.59 Å². The number of aromatic nitrogens is 3. The molecular formula is C22H19N5O2S. The number of nitrogens with zero attached hydrogens (tertiary/aromatic N) is 3. The van der Waals surface area contributed by atoms with Gasteiger partial charge in [-0.05, 0) is 67.8 Å². The van der Waals surface area contributed by atoms with Gasteiger partial charge in [0.25, 0.3) is 11.8 Å². The van der Waals surface area contributed by atoms with E-state index in [1.54, 1.807) is 53.3 Å². The van der Waals surface area contributed by atoms with Crippen LogP contribution in [0, 0.1) is 13.8 Å². The number of anilines is 2. The molecule has 0 unspecified atom stereocenters. The predicted octanol–water partition coefficient (Wildman–Crippen LogP) is 4.45. The fourth-order valence-electron chi connectivity index (χ4n) is 2.95. The number of rotatable bonds is 5. The molecule has 4 aromatic rings. The first-order valence-electron chi connectivity index (χ1n) is 9.25. The van der Waals surface area contributed by atoms with Gasteiger partial charge in [-0.2, -0.15) is 5.10 Å². The van der Waals surface area contributed by atoms with Crippen molar-refractivity contribution in [2.45, 2.75) is 13.8 Å². The smallest absolute Gasteiger partial charge is 0.265 e. The van der Waals surface area contributed by atoms with E-state index in [9.17, 15) is 9.59 Å². The molecule has 0 atom stereocenters. The normalized spacial score (nSPS) is 10.6. The van der Waals surface area contributed by atoms with Crippen molar-refractivity contribution >= 4 is 34.5 Å². The fraction of sp³-hybridized carbons (Fsp3) is 0.0909. The van der Waals surface area contributed by atoms with Gasteiger partial charge >= 0.3 is 0 Å². The van der Waals surface area contributed by atoms with Gasteiger partial charge in [0.15, 0.2) is 5.82 Å². The van der Waals surface area contributed by atoms with Gasteiger partial charge in [0.2, 0.25) is 0 Å². The first kappa shape index (κ1) is 19.5. The largest absolute Gasteiger partial charge is 0.321 e. The van der Waals surface area contributed by atoms with Crippen molar-refractivity contribution in [1.82, 2.24) is 14.8 Å². The molecular weight excluding hydrogens is 398 g/mol. The highest BCUT2D eigenvalue weighted by Gasteiger charge is 2.10. The maximum Gasteiger partial charge on any atom is 0.265 e. The second-order valence-corrected chi connectivity index (χ2v) is 7.65. The lowest BCUT2D eigenvalue weighted by Gasteiger charge is -2.08. The zero-order valence-electron chi connectivity index (χ0n) is 16.4. The van der Waals surface area contributed by atoms with E-state index in [1.807, 2.05) is 31.4 Å². The number of nitrogens with one attached hydrogen (secondary N) is 2. The highest BCUT2D eigenvalue weighted by atomic mass is 32.1. The van der Waals surface area contributed by atoms with E-state index >= 15 is 0 Å². The maximum absolute atomic E-state index is 12.5. The highest BCUT2D eigenvalue weighted by Crippen LogP contribution is 2.16. The van der Waals surface area contributed by atoms with E-state index in [2.05, 4.69) is 20.7 Å². The number of hydrogen-bond donors (Lipinski definition) is 2. The Morgan fingerprint density at radius 2 is 1.67 bits per heavy atom. The lowest BCUT2D eigenvalue weighted by atomic mass is 10.2. The summed E-state index contributed by atoms with van der Waals surface area (Å²) in [5.41, 5.74) is 3.60. The minimum Gasteiger partial charge on any atom is -0.321 e. The second-order valence-electron chi connectivity index (χ2n) is 6.71. The molecule has 3 heterocycles. The number of amides is 2. The van der Waals surface area contributed by atoms with Crippen LogP contribution in [0.3, 0.4) is 0 Å². The number of pyridine rings is 1. The zero-order chi connectivity index (χ0) is 21.1. The van der Waals surface area contributed by atoms with Crippen LogP contribution in [-0.2, 0) is 0 Å². The number of thiophene rings is 1. The molecule has 7 nitrogen and oxygen atoms in total. The molecule has 0 saturated carbocycles. The molecule has 150 valence electrons. The number of hydrogen-bond acceptors (Lipinski definition) is 5. The SMILES string of the molecule is Cc1cc(C)n(-c2ccc(NC(=O)c3ccc(NC(=O)c4cccs4)cc3)cn2)n1. The van der Waals surface area contributed by atoms with Crippen LogP contribution in [0.5, 0.6) is 0 Å². The van der Waals surface area contributed by atoms with Crippen molar-refractivity contribution in [1.29, 1.82) is 0 Å². The molecule has 0 aliphatic heterocycles. The van der Waals surface area contributed by atoms with Crippen molar-refractivity contribution in [2.75, 3.05) is 10.6 Å². The van der Waals surface area contributed by atoms with Crippen LogP contribution >= 0.6 is 11.3 Å². The van der Waals surface area contributed by atoms with E-state index in [4.69, 9.17) is 0 Å². The molecule has 3 aromatic heterocycles. The molecule has 1 aromatic carbocycles. The van der Waals surface area contributed by atoms with Crippen LogP contribution < -0.4 is 10.6 Å². The number of carbonyl (C=O) groups excluding carboxylic acids is 2. The maximum atomic E-state index is 12.5. The summed E-state index contributed by atoms with van der Waals surface area (Å²) in [6.45, 7) is 3.89. The zero-order valence-corrected chi connectivity index (χ0v) is 17.2. The average Bonchev–Trinajstić information content (AvgIpc) is 3.39. The summed E-state index contributed by atoms with van der Waals surface area (Å²) in [5.74, 6) is 0.257. The van der Waals surface area contributed by atoms with Crippen LogP contribution in [0.4, 0.5) is 11.4 Å². The minimum absolute atomic E-state index is 0.170. The standard InChI is InChI=1S/C22H19N5O2S/c1-14-12-15(2)27(26-14)20-10-9-18(13-23-20)25-21(28)16-5-7-17(8-6-16)24-22(29)19-4-3-11-30-19/h3-13H,1-2H3,(H,24,29)(H,25,28). The third kappa shape index (κ3) is 4.28. The van der Waals surface area contributed by atoms with Crippen LogP contribution in [0.15, 0.2) is 66.2 Å². The lowest BCUT2D eigenvalue weighted by Crippen LogP contribution is -2.13. The van der Waals surface area contributed by atoms with Gasteiger partial charge in [0.05, 0.1) is 22.5 Å². The molecule has 0 radical (unpaired) electrons. The highest BCUT2D eigenvalue weighted by molar-refractivity contribution is 7.12. The summed E-state index contributed by atoms with van der Waals surface area (Å²) in [6.07, 6.45) is 1.60. The van der Waals surface area contributed by atoms with Gasteiger partial charge in [-0.1, -0.05) is 6.07 Å². The molecule has 30 heavy (non-hydrogen) atoms. The Balaban J connectivity index is 1.40. The summed E-state index contributed by atoms with van der Waals surface area (Å²) >= 11 is 1.37. The summed E-state index contributed by atoms with van der Waals surface area (Å²) < 4.78 is 1.75. The lowest BCUT2D eigenvalue weighted by molar-refractivity contribution is 0.102.